The van der Waals surface area contributed by atoms with Crippen molar-refractivity contribution in [1.29, 1.82) is 0 Å². The third-order valence-corrected chi connectivity index (χ3v) is 6.69. The molecule has 13 heteroatoms. The molecule has 37 heavy (non-hydrogen) atoms. The fourth-order valence-electron chi connectivity index (χ4n) is 4.70. The minimum Gasteiger partial charge on any atom is -0.394 e. The van der Waals surface area contributed by atoms with Gasteiger partial charge in [0, 0.05) is 25.6 Å². The van der Waals surface area contributed by atoms with Crippen molar-refractivity contribution in [2.75, 3.05) is 73.4 Å². The zero-order valence-electron chi connectivity index (χ0n) is 22.1. The summed E-state index contributed by atoms with van der Waals surface area (Å²) in [6.07, 6.45) is -6.25. The van der Waals surface area contributed by atoms with Crippen molar-refractivity contribution in [2.24, 2.45) is 11.8 Å². The number of ether oxygens (including phenoxy) is 8. The third kappa shape index (κ3) is 9.57. The van der Waals surface area contributed by atoms with Crippen LogP contribution in [0.2, 0.25) is 0 Å². The highest BCUT2D eigenvalue weighted by atomic mass is 16.7. The van der Waals surface area contributed by atoms with Gasteiger partial charge in [-0.2, -0.15) is 0 Å². The number of hydrogen-bond donors (Lipinski definition) is 5. The second-order valence-electron chi connectivity index (χ2n) is 9.08. The van der Waals surface area contributed by atoms with Crippen molar-refractivity contribution in [3.05, 3.63) is 0 Å². The summed E-state index contributed by atoms with van der Waals surface area (Å²) in [7, 11) is 1.44. The highest BCUT2D eigenvalue weighted by Crippen LogP contribution is 2.31. The Kier molecular flexibility index (Phi) is 15.9. The predicted octanol–water partition coefficient (Wildman–Crippen LogP) is -1.74. The average molecular weight is 543 g/mol. The van der Waals surface area contributed by atoms with Gasteiger partial charge in [-0.05, 0) is 13.3 Å². The van der Waals surface area contributed by atoms with Gasteiger partial charge >= 0.3 is 0 Å². The SMILES string of the molecule is CCOCC1OC(OC)C(OCCO)C(O)C1COCC1OC(COCOCCO)C(CC)C(O)C1O. The maximum absolute atomic E-state index is 11.1. The van der Waals surface area contributed by atoms with E-state index in [4.69, 9.17) is 48.1 Å². The zero-order chi connectivity index (χ0) is 27.2. The Balaban J connectivity index is 1.99. The van der Waals surface area contributed by atoms with Crippen LogP contribution in [0.25, 0.3) is 0 Å². The Hall–Kier alpha value is -0.520. The van der Waals surface area contributed by atoms with E-state index in [1.807, 2.05) is 13.8 Å². The molecule has 2 heterocycles. The molecule has 2 saturated heterocycles. The van der Waals surface area contributed by atoms with E-state index in [-0.39, 0.29) is 65.6 Å². The van der Waals surface area contributed by atoms with Crippen molar-refractivity contribution >= 4 is 0 Å². The van der Waals surface area contributed by atoms with Gasteiger partial charge in [-0.3, -0.25) is 0 Å². The molecule has 0 bridgehead atoms. The molecule has 5 N–H and O–H groups in total. The molecule has 0 saturated carbocycles. The van der Waals surface area contributed by atoms with E-state index >= 15 is 0 Å². The number of aliphatic hydroxyl groups is 5. The minimum atomic E-state index is -1.17. The quantitative estimate of drug-likeness (QED) is 0.0976. The van der Waals surface area contributed by atoms with Gasteiger partial charge in [-0.25, -0.2) is 0 Å². The average Bonchev–Trinajstić information content (AvgIpc) is 2.90. The van der Waals surface area contributed by atoms with Crippen LogP contribution in [0.15, 0.2) is 0 Å². The fourth-order valence-corrected chi connectivity index (χ4v) is 4.70. The molecule has 2 aliphatic rings. The van der Waals surface area contributed by atoms with Crippen LogP contribution in [0, 0.1) is 11.8 Å². The normalized spacial score (nSPS) is 36.6. The van der Waals surface area contributed by atoms with E-state index in [0.717, 1.165) is 0 Å². The predicted molar refractivity (Wildman–Crippen MR) is 128 cm³/mol. The standard InChI is InChI=1S/C24H46O13/c1-4-15-17(12-34-14-32-8-6-25)36-19(22(29)20(15)27)13-33-10-16-18(11-31-5-2)37-24(30-3)23(21(16)28)35-9-7-26/h15-29H,4-14H2,1-3H3. The number of hydrogen-bond acceptors (Lipinski definition) is 13. The Morgan fingerprint density at radius 2 is 1.35 bits per heavy atom. The van der Waals surface area contributed by atoms with E-state index < -0.39 is 54.9 Å². The second-order valence-corrected chi connectivity index (χ2v) is 9.08. The maximum Gasteiger partial charge on any atom is 0.186 e. The molecule has 220 valence electrons. The zero-order valence-corrected chi connectivity index (χ0v) is 22.1. The summed E-state index contributed by atoms with van der Waals surface area (Å²) in [6.45, 7) is 4.30. The van der Waals surface area contributed by atoms with Gasteiger partial charge in [0.2, 0.25) is 0 Å². The van der Waals surface area contributed by atoms with Gasteiger partial charge in [0.05, 0.1) is 77.3 Å². The van der Waals surface area contributed by atoms with Crippen LogP contribution >= 0.6 is 0 Å². The molecule has 0 aromatic heterocycles. The molecule has 0 radical (unpaired) electrons. The van der Waals surface area contributed by atoms with Crippen LogP contribution in [0.3, 0.4) is 0 Å². The van der Waals surface area contributed by atoms with Gasteiger partial charge in [-0.15, -0.1) is 0 Å². The molecule has 2 rings (SSSR count). The Labute approximate surface area is 218 Å². The molecule has 13 nitrogen and oxygen atoms in total. The van der Waals surface area contributed by atoms with Crippen LogP contribution in [0.4, 0.5) is 0 Å². The van der Waals surface area contributed by atoms with Crippen LogP contribution in [-0.2, 0) is 37.9 Å². The monoisotopic (exact) mass is 542 g/mol. The Morgan fingerprint density at radius 3 is 2.00 bits per heavy atom. The van der Waals surface area contributed by atoms with Crippen LogP contribution in [0.5, 0.6) is 0 Å². The summed E-state index contributed by atoms with van der Waals surface area (Å²) in [5.41, 5.74) is 0. The minimum absolute atomic E-state index is 0.00173. The molecule has 10 atom stereocenters. The van der Waals surface area contributed by atoms with E-state index in [1.165, 1.54) is 7.11 Å². The molecule has 0 aromatic rings. The molecule has 2 fully saturated rings. The first-order chi connectivity index (χ1) is 17.9. The first kappa shape index (κ1) is 32.7. The Morgan fingerprint density at radius 1 is 0.676 bits per heavy atom. The summed E-state index contributed by atoms with van der Waals surface area (Å²) in [5.74, 6) is -0.901. The fraction of sp³-hybridized carbons (Fsp3) is 1.00. The first-order valence-electron chi connectivity index (χ1n) is 12.9. The third-order valence-electron chi connectivity index (χ3n) is 6.69. The van der Waals surface area contributed by atoms with Crippen molar-refractivity contribution in [2.45, 2.75) is 69.3 Å². The van der Waals surface area contributed by atoms with Gasteiger partial charge in [0.1, 0.15) is 25.1 Å². The Bertz CT molecular complexity index is 585. The van der Waals surface area contributed by atoms with E-state index in [9.17, 15) is 15.3 Å². The van der Waals surface area contributed by atoms with Gasteiger partial charge in [-0.1, -0.05) is 6.92 Å². The summed E-state index contributed by atoms with van der Waals surface area (Å²) in [4.78, 5) is 0. The molecule has 0 spiro atoms. The van der Waals surface area contributed by atoms with E-state index in [1.54, 1.807) is 0 Å². The topological polar surface area (TPSA) is 175 Å². The lowest BCUT2D eigenvalue weighted by Crippen LogP contribution is -2.59. The number of rotatable bonds is 18. The molecule has 0 amide bonds. The van der Waals surface area contributed by atoms with Crippen molar-refractivity contribution in [3.8, 4) is 0 Å². The van der Waals surface area contributed by atoms with Crippen molar-refractivity contribution in [3.63, 3.8) is 0 Å². The summed E-state index contributed by atoms with van der Waals surface area (Å²) in [6, 6.07) is 0. The summed E-state index contributed by atoms with van der Waals surface area (Å²) >= 11 is 0. The maximum atomic E-state index is 11.1. The lowest BCUT2D eigenvalue weighted by atomic mass is 9.85. The lowest BCUT2D eigenvalue weighted by molar-refractivity contribution is -0.301. The number of methoxy groups -OCH3 is 1. The van der Waals surface area contributed by atoms with Gasteiger partial charge in [0.15, 0.2) is 6.29 Å². The molecule has 0 aromatic carbocycles. The van der Waals surface area contributed by atoms with Crippen LogP contribution in [0.1, 0.15) is 20.3 Å². The molecule has 0 aliphatic carbocycles. The largest absolute Gasteiger partial charge is 0.394 e. The smallest absolute Gasteiger partial charge is 0.186 e. The van der Waals surface area contributed by atoms with Crippen LogP contribution in [-0.4, -0.2) is 148 Å². The summed E-state index contributed by atoms with van der Waals surface area (Å²) < 4.78 is 44.9. The molecular formula is C24H46O13. The highest BCUT2D eigenvalue weighted by Gasteiger charge is 2.47. The highest BCUT2D eigenvalue weighted by molar-refractivity contribution is 4.93. The second kappa shape index (κ2) is 17.9. The van der Waals surface area contributed by atoms with Gasteiger partial charge < -0.3 is 63.4 Å². The molecule has 10 unspecified atom stereocenters. The van der Waals surface area contributed by atoms with E-state index in [0.29, 0.717) is 13.0 Å². The van der Waals surface area contributed by atoms with E-state index in [2.05, 4.69) is 0 Å². The number of aliphatic hydroxyl groups excluding tert-OH is 5. The van der Waals surface area contributed by atoms with Crippen LogP contribution < -0.4 is 0 Å². The van der Waals surface area contributed by atoms with Crippen molar-refractivity contribution < 1.29 is 63.4 Å². The summed E-state index contributed by atoms with van der Waals surface area (Å²) in [5, 5.41) is 50.3. The van der Waals surface area contributed by atoms with Gasteiger partial charge in [0.25, 0.3) is 0 Å². The molecular weight excluding hydrogens is 496 g/mol. The lowest BCUT2D eigenvalue weighted by Gasteiger charge is -2.44. The molecule has 2 aliphatic heterocycles. The van der Waals surface area contributed by atoms with Crippen molar-refractivity contribution in [1.82, 2.24) is 0 Å². The first-order valence-corrected chi connectivity index (χ1v) is 12.9.